The molecular formula is C18H21BN4O2S. The molecule has 1 saturated heterocycles. The summed E-state index contributed by atoms with van der Waals surface area (Å²) < 4.78 is 12.2. The van der Waals surface area contributed by atoms with Crippen LogP contribution in [0.2, 0.25) is 0 Å². The summed E-state index contributed by atoms with van der Waals surface area (Å²) in [5.74, 6) is 0.814. The van der Waals surface area contributed by atoms with Gasteiger partial charge in [0.05, 0.1) is 17.5 Å². The highest BCUT2D eigenvalue weighted by Crippen LogP contribution is 2.36. The van der Waals surface area contributed by atoms with E-state index in [2.05, 4.69) is 71.9 Å². The van der Waals surface area contributed by atoms with E-state index in [1.54, 1.807) is 24.4 Å². The van der Waals surface area contributed by atoms with Gasteiger partial charge in [-0.15, -0.1) is 0 Å². The number of nitrogens with zero attached hydrogens (tertiary/aromatic N) is 3. The number of nitrogens with one attached hydrogen (secondary N) is 1. The lowest BCUT2D eigenvalue weighted by molar-refractivity contribution is 0.00578. The van der Waals surface area contributed by atoms with Crippen LogP contribution in [0.3, 0.4) is 0 Å². The van der Waals surface area contributed by atoms with E-state index in [-0.39, 0.29) is 18.3 Å². The van der Waals surface area contributed by atoms with Crippen molar-refractivity contribution in [3.05, 3.63) is 42.5 Å². The van der Waals surface area contributed by atoms with Gasteiger partial charge in [0.2, 0.25) is 0 Å². The number of fused-ring (bicyclic) bond motifs is 1. The summed E-state index contributed by atoms with van der Waals surface area (Å²) in [6.45, 7) is 8.26. The molecule has 8 heteroatoms. The first kappa shape index (κ1) is 17.5. The van der Waals surface area contributed by atoms with Gasteiger partial charge in [-0.05, 0) is 38.7 Å². The maximum atomic E-state index is 6.10. The van der Waals surface area contributed by atoms with E-state index in [4.69, 9.17) is 9.31 Å². The largest absolute Gasteiger partial charge is 0.494 e. The van der Waals surface area contributed by atoms with Crippen molar-refractivity contribution in [1.29, 1.82) is 0 Å². The average molecular weight is 368 g/mol. The van der Waals surface area contributed by atoms with Crippen molar-refractivity contribution in [2.45, 2.75) is 49.7 Å². The van der Waals surface area contributed by atoms with Crippen LogP contribution in [0.25, 0.3) is 11.2 Å². The van der Waals surface area contributed by atoms with Crippen LogP contribution in [-0.4, -0.2) is 38.3 Å². The third kappa shape index (κ3) is 3.13. The average Bonchev–Trinajstić information content (AvgIpc) is 3.16. The summed E-state index contributed by atoms with van der Waals surface area (Å²) in [5.41, 5.74) is 3.17. The lowest BCUT2D eigenvalue weighted by Gasteiger charge is -2.32. The molecular weight excluding hydrogens is 347 g/mol. The van der Waals surface area contributed by atoms with Crippen LogP contribution in [0.1, 0.15) is 33.3 Å². The van der Waals surface area contributed by atoms with E-state index in [1.165, 1.54) is 5.56 Å². The molecule has 1 aromatic carbocycles. The molecule has 1 aliphatic rings. The van der Waals surface area contributed by atoms with E-state index in [0.29, 0.717) is 5.65 Å². The number of aromatic amines is 1. The maximum absolute atomic E-state index is 6.10. The zero-order valence-electron chi connectivity index (χ0n) is 15.3. The standard InChI is InChI=1S/C18H21BN4O2S/c1-17(2)18(3,4)25-19(24-17)13-7-5-12(6-8-13)9-26-16-14-15(21-10-20-14)22-11-23-16/h5-8,10-11H,9H2,1-4H3,(H,20,21,22,23). The van der Waals surface area contributed by atoms with E-state index in [0.717, 1.165) is 21.8 Å². The fourth-order valence-corrected chi connectivity index (χ4v) is 3.67. The van der Waals surface area contributed by atoms with Crippen LogP contribution in [-0.2, 0) is 15.1 Å². The van der Waals surface area contributed by atoms with E-state index >= 15 is 0 Å². The Balaban J connectivity index is 1.45. The summed E-state index contributed by atoms with van der Waals surface area (Å²) in [4.78, 5) is 15.8. The van der Waals surface area contributed by atoms with Gasteiger partial charge in [0.15, 0.2) is 5.65 Å². The Morgan fingerprint density at radius 1 is 1.00 bits per heavy atom. The molecule has 2 aromatic heterocycles. The van der Waals surface area contributed by atoms with Crippen molar-refractivity contribution in [1.82, 2.24) is 19.9 Å². The first-order chi connectivity index (χ1) is 12.4. The molecule has 0 radical (unpaired) electrons. The Kier molecular flexibility index (Phi) is 4.29. The lowest BCUT2D eigenvalue weighted by atomic mass is 9.79. The van der Waals surface area contributed by atoms with Gasteiger partial charge < -0.3 is 14.3 Å². The van der Waals surface area contributed by atoms with Crippen LogP contribution < -0.4 is 5.46 Å². The molecule has 3 heterocycles. The van der Waals surface area contributed by atoms with Gasteiger partial charge in [0.1, 0.15) is 16.9 Å². The Labute approximate surface area is 157 Å². The van der Waals surface area contributed by atoms with Gasteiger partial charge in [0.25, 0.3) is 0 Å². The molecule has 1 fully saturated rings. The number of imidazole rings is 1. The van der Waals surface area contributed by atoms with Gasteiger partial charge in [0, 0.05) is 5.75 Å². The molecule has 26 heavy (non-hydrogen) atoms. The first-order valence-electron chi connectivity index (χ1n) is 8.57. The molecule has 134 valence electrons. The second-order valence-corrected chi connectivity index (χ2v) is 8.36. The maximum Gasteiger partial charge on any atom is 0.494 e. The third-order valence-electron chi connectivity index (χ3n) is 5.07. The minimum absolute atomic E-state index is 0.325. The zero-order chi connectivity index (χ0) is 18.4. The number of rotatable bonds is 4. The SMILES string of the molecule is CC1(C)OB(c2ccc(CSc3ncnc4nc[nH]c34)cc2)OC1(C)C. The fraction of sp³-hybridized carbons (Fsp3) is 0.389. The molecule has 1 aliphatic heterocycles. The molecule has 6 nitrogen and oxygen atoms in total. The molecule has 0 spiro atoms. The van der Waals surface area contributed by atoms with Crippen molar-refractivity contribution < 1.29 is 9.31 Å². The number of hydrogen-bond donors (Lipinski definition) is 1. The zero-order valence-corrected chi connectivity index (χ0v) is 16.1. The highest BCUT2D eigenvalue weighted by molar-refractivity contribution is 7.98. The van der Waals surface area contributed by atoms with Crippen molar-refractivity contribution in [3.63, 3.8) is 0 Å². The summed E-state index contributed by atoms with van der Waals surface area (Å²) in [5, 5.41) is 0.905. The first-order valence-corrected chi connectivity index (χ1v) is 9.56. The van der Waals surface area contributed by atoms with Gasteiger partial charge in [-0.2, -0.15) is 0 Å². The van der Waals surface area contributed by atoms with Gasteiger partial charge >= 0.3 is 7.12 Å². The minimum Gasteiger partial charge on any atom is -0.399 e. The predicted octanol–water partition coefficient (Wildman–Crippen LogP) is 2.94. The number of aromatic nitrogens is 4. The summed E-state index contributed by atoms with van der Waals surface area (Å²) in [7, 11) is -0.326. The molecule has 0 unspecified atom stereocenters. The highest BCUT2D eigenvalue weighted by atomic mass is 32.2. The van der Waals surface area contributed by atoms with Crippen LogP contribution in [0, 0.1) is 0 Å². The van der Waals surface area contributed by atoms with Gasteiger partial charge in [-0.3, -0.25) is 0 Å². The van der Waals surface area contributed by atoms with Crippen LogP contribution >= 0.6 is 11.8 Å². The molecule has 3 aromatic rings. The van der Waals surface area contributed by atoms with Crippen LogP contribution in [0.15, 0.2) is 41.9 Å². The molecule has 4 rings (SSSR count). The Bertz CT molecular complexity index is 910. The Hall–Kier alpha value is -1.90. The second-order valence-electron chi connectivity index (χ2n) is 7.40. The molecule has 0 atom stereocenters. The Morgan fingerprint density at radius 2 is 1.69 bits per heavy atom. The highest BCUT2D eigenvalue weighted by Gasteiger charge is 2.51. The summed E-state index contributed by atoms with van der Waals surface area (Å²) in [6.07, 6.45) is 3.19. The normalized spacial score (nSPS) is 18.5. The fourth-order valence-electron chi connectivity index (χ4n) is 2.75. The number of benzene rings is 1. The quantitative estimate of drug-likeness (QED) is 0.434. The van der Waals surface area contributed by atoms with Crippen molar-refractivity contribution in [2.24, 2.45) is 0 Å². The molecule has 1 N–H and O–H groups in total. The Morgan fingerprint density at radius 3 is 2.38 bits per heavy atom. The van der Waals surface area contributed by atoms with E-state index in [9.17, 15) is 0 Å². The predicted molar refractivity (Wildman–Crippen MR) is 103 cm³/mol. The molecule has 0 bridgehead atoms. The van der Waals surface area contributed by atoms with E-state index < -0.39 is 0 Å². The third-order valence-corrected chi connectivity index (χ3v) is 6.13. The van der Waals surface area contributed by atoms with Crippen molar-refractivity contribution in [2.75, 3.05) is 0 Å². The summed E-state index contributed by atoms with van der Waals surface area (Å²) in [6, 6.07) is 8.37. The van der Waals surface area contributed by atoms with Crippen molar-refractivity contribution in [3.8, 4) is 0 Å². The monoisotopic (exact) mass is 368 g/mol. The van der Waals surface area contributed by atoms with E-state index in [1.807, 2.05) is 0 Å². The number of H-pyrrole nitrogens is 1. The molecule has 0 saturated carbocycles. The summed E-state index contributed by atoms with van der Waals surface area (Å²) >= 11 is 1.66. The van der Waals surface area contributed by atoms with Crippen LogP contribution in [0.5, 0.6) is 0 Å². The molecule has 0 amide bonds. The number of thioether (sulfide) groups is 1. The van der Waals surface area contributed by atoms with Crippen LogP contribution in [0.4, 0.5) is 0 Å². The second kappa shape index (κ2) is 6.37. The lowest BCUT2D eigenvalue weighted by Crippen LogP contribution is -2.41. The molecule has 0 aliphatic carbocycles. The van der Waals surface area contributed by atoms with Gasteiger partial charge in [-0.1, -0.05) is 36.0 Å². The number of hydrogen-bond acceptors (Lipinski definition) is 6. The van der Waals surface area contributed by atoms with Gasteiger partial charge in [-0.25, -0.2) is 15.0 Å². The smallest absolute Gasteiger partial charge is 0.399 e. The topological polar surface area (TPSA) is 72.9 Å². The minimum atomic E-state index is -0.326. The van der Waals surface area contributed by atoms with Crippen molar-refractivity contribution >= 4 is 35.5 Å².